The second kappa shape index (κ2) is 44.8. The van der Waals surface area contributed by atoms with Gasteiger partial charge in [-0.3, -0.25) is 38.9 Å². The number of ether oxygens (including phenoxy) is 3. The molecule has 0 radical (unpaired) electrons. The van der Waals surface area contributed by atoms with Gasteiger partial charge in [-0.05, 0) is 146 Å². The van der Waals surface area contributed by atoms with Crippen molar-refractivity contribution in [2.75, 3.05) is 50.5 Å². The molecule has 0 saturated carbocycles. The molecule has 0 bridgehead atoms. The van der Waals surface area contributed by atoms with Gasteiger partial charge in [0.15, 0.2) is 11.5 Å². The standard InChI is InChI=1S/C20H13ClN2O2.C20H18FN3O.C19H12ClN3O2.C17H10FN5O2.C15H12FN5OS.CH4/c1-2-14-5-3-6-15(9-14)20(24)23-17-7-4-8-18(11-17)25-19-10-16(21)12-22-13-19;1-14-5-3-6-15(9-14)20(25)23-17-10-16(21)11-19(12-17)24(2)18-7-4-8-22-13-18;1-2-13-4-3-5-14(6-13)19(24)23-16-7-15(20)8-17(9-16)25-18-10-21-12-22-11-18;18-12-1-2-22-16(5-12)17(24)23-13-3-11(7-19)4-14(6-13)25-15-8-20-10-21-9-15;1-21(13-5-17-8-18-6-13)12-3-10(16)2-11(4-12)20-15(22)14-7-23-9-19-14;/h1,3-13H,(H,23,24);3-13H,1-2H3,(H,23,25);1,3-12H,(H,23,24);1-6,8-10H,(H,23,24);2-9H,1H3,(H,20,22);1H4. The topological polar surface area (TPSA) is 332 Å². The van der Waals surface area contributed by atoms with Crippen molar-refractivity contribution in [2.24, 2.45) is 0 Å². The highest BCUT2D eigenvalue weighted by Gasteiger charge is 2.18. The molecule has 5 amide bonds. The lowest BCUT2D eigenvalue weighted by Gasteiger charge is -2.20. The van der Waals surface area contributed by atoms with E-state index in [-0.39, 0.29) is 42.3 Å². The van der Waals surface area contributed by atoms with Crippen molar-refractivity contribution < 1.29 is 51.4 Å². The zero-order valence-corrected chi connectivity index (χ0v) is 67.2. The first-order valence-corrected chi connectivity index (χ1v) is 37.9. The number of aryl methyl sites for hydroxylation is 1. The van der Waals surface area contributed by atoms with Gasteiger partial charge in [0.1, 0.15) is 70.8 Å². The van der Waals surface area contributed by atoms with Gasteiger partial charge in [0.05, 0.1) is 83.1 Å². The van der Waals surface area contributed by atoms with Crippen LogP contribution in [0.3, 0.4) is 0 Å². The maximum Gasteiger partial charge on any atom is 0.275 e. The second-order valence-electron chi connectivity index (χ2n) is 25.5. The molecule has 616 valence electrons. The Morgan fingerprint density at radius 1 is 0.395 bits per heavy atom. The first-order valence-electron chi connectivity index (χ1n) is 36.2. The van der Waals surface area contributed by atoms with Crippen LogP contribution in [-0.2, 0) is 0 Å². The number of hydrogen-bond donors (Lipinski definition) is 5. The summed E-state index contributed by atoms with van der Waals surface area (Å²) in [6, 6.07) is 55.6. The highest BCUT2D eigenvalue weighted by molar-refractivity contribution is 7.07. The van der Waals surface area contributed by atoms with Crippen molar-refractivity contribution in [3.8, 4) is 65.3 Å². The van der Waals surface area contributed by atoms with E-state index in [0.717, 1.165) is 23.4 Å². The summed E-state index contributed by atoms with van der Waals surface area (Å²) in [5, 5.41) is 25.2. The van der Waals surface area contributed by atoms with Gasteiger partial charge in [0, 0.05) is 141 Å². The number of carbonyl (C=O) groups is 5. The fourth-order valence-electron chi connectivity index (χ4n) is 10.8. The summed E-state index contributed by atoms with van der Waals surface area (Å²) in [5.41, 5.74) is 10.7. The second-order valence-corrected chi connectivity index (χ2v) is 27.1. The van der Waals surface area contributed by atoms with Crippen LogP contribution in [0.5, 0.6) is 34.5 Å². The molecule has 0 atom stereocenters. The summed E-state index contributed by atoms with van der Waals surface area (Å²) in [5.74, 6) is 4.42. The van der Waals surface area contributed by atoms with E-state index in [2.05, 4.69) is 88.3 Å². The maximum atomic E-state index is 14.0. The van der Waals surface area contributed by atoms with Gasteiger partial charge in [-0.2, -0.15) is 5.26 Å². The summed E-state index contributed by atoms with van der Waals surface area (Å²) in [7, 11) is 3.58. The monoisotopic (exact) mass is 1710 g/mol. The third kappa shape index (κ3) is 27.5. The molecule has 0 fully saturated rings. The average Bonchev–Trinajstić information content (AvgIpc) is 0.922. The summed E-state index contributed by atoms with van der Waals surface area (Å²) in [4.78, 5) is 104. The number of pyridine rings is 3. The Balaban J connectivity index is 0.000000162. The zero-order chi connectivity index (χ0) is 87.0. The molecular weight excluding hydrogens is 1650 g/mol. The third-order valence-corrected chi connectivity index (χ3v) is 17.5. The molecule has 8 aromatic carbocycles. The van der Waals surface area contributed by atoms with E-state index in [1.165, 1.54) is 110 Å². The highest BCUT2D eigenvalue weighted by atomic mass is 35.5. The van der Waals surface area contributed by atoms with Crippen LogP contribution < -0.4 is 50.6 Å². The summed E-state index contributed by atoms with van der Waals surface area (Å²) < 4.78 is 58.0. The normalized spacial score (nSPS) is 10.0. The van der Waals surface area contributed by atoms with Crippen LogP contribution in [0.1, 0.15) is 81.7 Å². The molecule has 0 aliphatic carbocycles. The average molecular weight is 1710 g/mol. The van der Waals surface area contributed by atoms with Gasteiger partial charge in [-0.1, -0.05) is 78.4 Å². The van der Waals surface area contributed by atoms with Crippen LogP contribution in [-0.4, -0.2) is 93.5 Å². The number of aromatic nitrogens is 10. The first kappa shape index (κ1) is 89.7. The number of nitriles is 1. The van der Waals surface area contributed by atoms with Gasteiger partial charge in [-0.25, -0.2) is 48.1 Å². The Hall–Kier alpha value is -16.6. The van der Waals surface area contributed by atoms with Gasteiger partial charge in [0.25, 0.3) is 29.5 Å². The van der Waals surface area contributed by atoms with Crippen molar-refractivity contribution in [3.05, 3.63) is 376 Å². The molecule has 0 unspecified atom stereocenters. The molecule has 32 heteroatoms. The van der Waals surface area contributed by atoms with Crippen molar-refractivity contribution in [3.63, 3.8) is 0 Å². The van der Waals surface area contributed by atoms with E-state index < -0.39 is 23.4 Å². The first-order chi connectivity index (χ1) is 59.6. The van der Waals surface area contributed by atoms with Crippen LogP contribution in [0.25, 0.3) is 0 Å². The lowest BCUT2D eigenvalue weighted by molar-refractivity contribution is 0.101. The molecule has 7 heterocycles. The van der Waals surface area contributed by atoms with Gasteiger partial charge < -0.3 is 50.6 Å². The zero-order valence-electron chi connectivity index (χ0n) is 64.8. The van der Waals surface area contributed by atoms with Crippen molar-refractivity contribution in [1.29, 1.82) is 5.26 Å². The third-order valence-electron chi connectivity index (χ3n) is 16.5. The molecule has 124 heavy (non-hydrogen) atoms. The number of terminal acetylenes is 2. The number of rotatable bonds is 20. The number of anilines is 9. The Morgan fingerprint density at radius 3 is 1.42 bits per heavy atom. The summed E-state index contributed by atoms with van der Waals surface area (Å²) in [6.45, 7) is 1.92. The molecule has 0 saturated heterocycles. The summed E-state index contributed by atoms with van der Waals surface area (Å²) >= 11 is 13.3. The fourth-order valence-corrected chi connectivity index (χ4v) is 11.7. The number of nitrogens with zero attached hydrogens (tertiary/aromatic N) is 13. The number of hydrogen-bond acceptors (Lipinski definition) is 22. The fraction of sp³-hybridized carbons (Fsp3) is 0.0435. The SMILES string of the molecule is C.C#Cc1cccc(C(=O)Nc2cc(Cl)cc(Oc3cncnc3)c2)c1.C#Cc1cccc(C(=O)Nc2cccc(Oc3cncc(Cl)c3)c2)c1.CN(c1cncnc1)c1cc(F)cc(NC(=O)c2cscn2)c1.Cc1cccc(C(=O)Nc2cc(F)cc(N(C)c3cccnc3)c2)c1.N#Cc1cc(NC(=O)c2cc(F)ccn2)cc(Oc2cncnc2)c1. The van der Waals surface area contributed by atoms with Crippen LogP contribution in [0, 0.1) is 60.4 Å². The minimum atomic E-state index is -0.608. The van der Waals surface area contributed by atoms with Gasteiger partial charge in [0.2, 0.25) is 0 Å². The van der Waals surface area contributed by atoms with Crippen LogP contribution in [0.4, 0.5) is 64.4 Å². The molecular formula is C92H69Cl2F3N18O8S. The van der Waals surface area contributed by atoms with Crippen LogP contribution >= 0.6 is 34.5 Å². The van der Waals surface area contributed by atoms with E-state index in [4.69, 9.17) is 55.5 Å². The number of halogens is 5. The minimum Gasteiger partial charge on any atom is -0.456 e. The number of carbonyl (C=O) groups excluding carboxylic acids is 5. The molecule has 5 N–H and O–H groups in total. The van der Waals surface area contributed by atoms with Gasteiger partial charge >= 0.3 is 0 Å². The smallest absolute Gasteiger partial charge is 0.275 e. The van der Waals surface area contributed by atoms with E-state index in [9.17, 15) is 37.1 Å². The van der Waals surface area contributed by atoms with Crippen molar-refractivity contribution >= 4 is 115 Å². The summed E-state index contributed by atoms with van der Waals surface area (Å²) in [6.07, 6.45) is 31.7. The largest absolute Gasteiger partial charge is 0.456 e. The number of nitrogens with one attached hydrogen (secondary N) is 5. The number of thiazole rings is 1. The van der Waals surface area contributed by atoms with E-state index in [0.29, 0.717) is 124 Å². The molecule has 7 aromatic heterocycles. The minimum absolute atomic E-state index is 0. The quantitative estimate of drug-likeness (QED) is 0.0443. The Bertz CT molecular complexity index is 6370. The number of benzene rings is 8. The van der Waals surface area contributed by atoms with Crippen molar-refractivity contribution in [2.45, 2.75) is 14.4 Å². The highest BCUT2D eigenvalue weighted by Crippen LogP contribution is 2.33. The van der Waals surface area contributed by atoms with Crippen LogP contribution in [0.2, 0.25) is 10.0 Å². The van der Waals surface area contributed by atoms with Gasteiger partial charge in [-0.15, -0.1) is 24.2 Å². The molecule has 26 nitrogen and oxygen atoms in total. The van der Waals surface area contributed by atoms with E-state index >= 15 is 0 Å². The Labute approximate surface area is 723 Å². The maximum absolute atomic E-state index is 14.0. The molecule has 0 aliphatic heterocycles. The molecule has 15 rings (SSSR count). The number of amides is 5. The lowest BCUT2D eigenvalue weighted by atomic mass is 10.1. The van der Waals surface area contributed by atoms with Crippen molar-refractivity contribution in [1.82, 2.24) is 49.8 Å². The van der Waals surface area contributed by atoms with E-state index in [1.807, 2.05) is 44.3 Å². The van der Waals surface area contributed by atoms with Crippen LogP contribution in [0.15, 0.2) is 298 Å². The Morgan fingerprint density at radius 2 is 0.879 bits per heavy atom. The predicted molar refractivity (Wildman–Crippen MR) is 471 cm³/mol. The lowest BCUT2D eigenvalue weighted by Crippen LogP contribution is -2.14. The predicted octanol–water partition coefficient (Wildman–Crippen LogP) is 20.1. The molecule has 15 aromatic rings. The van der Waals surface area contributed by atoms with E-state index in [1.54, 1.807) is 180 Å². The molecule has 0 spiro atoms. The molecule has 0 aliphatic rings. The Kier molecular flexibility index (Phi) is 32.4.